The largest absolute Gasteiger partial charge is 0.393 e. The number of aliphatic hydroxyl groups excluding tert-OH is 1. The molecule has 5 aliphatic carbocycles. The maximum absolute atomic E-state index is 11.4. The second-order valence-electron chi connectivity index (χ2n) is 14.1. The predicted molar refractivity (Wildman–Crippen MR) is 133 cm³/mol. The van der Waals surface area contributed by atoms with E-state index in [1.165, 1.54) is 50.5 Å². The molecule has 0 aromatic rings. The summed E-state index contributed by atoms with van der Waals surface area (Å²) in [7, 11) is 0. The van der Waals surface area contributed by atoms with Gasteiger partial charge in [0.25, 0.3) is 0 Å². The van der Waals surface area contributed by atoms with Crippen molar-refractivity contribution in [2.75, 3.05) is 6.54 Å². The molecule has 3 heteroatoms. The monoisotopic (exact) mass is 453 g/mol. The molecular formula is C30H47NO2. The van der Waals surface area contributed by atoms with E-state index >= 15 is 0 Å². The first kappa shape index (κ1) is 23.8. The van der Waals surface area contributed by atoms with Crippen LogP contribution in [0.3, 0.4) is 0 Å². The minimum absolute atomic E-state index is 0.0292. The van der Waals surface area contributed by atoms with Gasteiger partial charge in [0.15, 0.2) is 0 Å². The Morgan fingerprint density at radius 2 is 1.67 bits per heavy atom. The standard InChI is InChI=1S/C30H47NO2/c1-19(2)21-8-7-20-11-14-28(5)22(26(20)21)9-10-24-29(28,6)15-12-23-27(3,4)25(33)13-16-30(23,24)17-31-18-32/h20-26,33H,1,7-17H2,2-6H3. The van der Waals surface area contributed by atoms with E-state index in [0.717, 1.165) is 37.0 Å². The summed E-state index contributed by atoms with van der Waals surface area (Å²) in [5.41, 5.74) is 1.95. The van der Waals surface area contributed by atoms with Crippen molar-refractivity contribution in [1.82, 2.24) is 0 Å². The number of aliphatic imine (C=N–C) groups is 1. The smallest absolute Gasteiger partial charge is 0.234 e. The molecule has 0 aromatic carbocycles. The second-order valence-corrected chi connectivity index (χ2v) is 14.1. The third kappa shape index (κ3) is 3.03. The summed E-state index contributed by atoms with van der Waals surface area (Å²) in [6.07, 6.45) is 14.0. The van der Waals surface area contributed by atoms with Crippen LogP contribution >= 0.6 is 0 Å². The average molecular weight is 454 g/mol. The van der Waals surface area contributed by atoms with Crippen molar-refractivity contribution in [3.8, 4) is 0 Å². The highest BCUT2D eigenvalue weighted by Crippen LogP contribution is 2.76. The Morgan fingerprint density at radius 3 is 2.36 bits per heavy atom. The molecule has 5 aliphatic rings. The lowest BCUT2D eigenvalue weighted by Crippen LogP contribution is -2.67. The summed E-state index contributed by atoms with van der Waals surface area (Å²) in [5.74, 6) is 4.25. The van der Waals surface area contributed by atoms with Crippen molar-refractivity contribution < 1.29 is 9.90 Å². The van der Waals surface area contributed by atoms with Gasteiger partial charge in [-0.25, -0.2) is 9.79 Å². The molecule has 10 atom stereocenters. The molecule has 0 radical (unpaired) electrons. The van der Waals surface area contributed by atoms with Crippen molar-refractivity contribution in [2.24, 2.45) is 62.2 Å². The zero-order valence-corrected chi connectivity index (χ0v) is 21.8. The molecule has 0 bridgehead atoms. The molecule has 184 valence electrons. The van der Waals surface area contributed by atoms with E-state index < -0.39 is 0 Å². The molecule has 33 heavy (non-hydrogen) atoms. The van der Waals surface area contributed by atoms with Crippen LogP contribution < -0.4 is 0 Å². The number of rotatable bonds is 3. The van der Waals surface area contributed by atoms with Crippen molar-refractivity contribution in [2.45, 2.75) is 105 Å². The maximum atomic E-state index is 11.4. The first-order chi connectivity index (χ1) is 15.5. The Kier molecular flexibility index (Phi) is 5.62. The van der Waals surface area contributed by atoms with Crippen LogP contribution in [0.4, 0.5) is 0 Å². The van der Waals surface area contributed by atoms with E-state index in [0.29, 0.717) is 29.7 Å². The van der Waals surface area contributed by atoms with Gasteiger partial charge in [-0.1, -0.05) is 39.8 Å². The third-order valence-corrected chi connectivity index (χ3v) is 13.1. The van der Waals surface area contributed by atoms with E-state index in [2.05, 4.69) is 46.2 Å². The van der Waals surface area contributed by atoms with Gasteiger partial charge in [-0.3, -0.25) is 0 Å². The second kappa shape index (κ2) is 7.79. The van der Waals surface area contributed by atoms with Crippen LogP contribution in [0.5, 0.6) is 0 Å². The Balaban J connectivity index is 1.57. The van der Waals surface area contributed by atoms with Crippen molar-refractivity contribution in [3.05, 3.63) is 12.2 Å². The first-order valence-electron chi connectivity index (χ1n) is 13.9. The minimum atomic E-state index is -0.252. The molecule has 5 rings (SSSR count). The van der Waals surface area contributed by atoms with Crippen LogP contribution in [0.25, 0.3) is 0 Å². The predicted octanol–water partition coefficient (Wildman–Crippen LogP) is 6.95. The zero-order valence-electron chi connectivity index (χ0n) is 21.8. The number of nitrogens with zero attached hydrogens (tertiary/aromatic N) is 1. The molecule has 1 N–H and O–H groups in total. The summed E-state index contributed by atoms with van der Waals surface area (Å²) in [5, 5.41) is 11.0. The van der Waals surface area contributed by atoms with E-state index in [1.54, 1.807) is 0 Å². The van der Waals surface area contributed by atoms with Gasteiger partial charge in [0, 0.05) is 0 Å². The topological polar surface area (TPSA) is 49.7 Å². The van der Waals surface area contributed by atoms with Crippen molar-refractivity contribution in [1.29, 1.82) is 0 Å². The van der Waals surface area contributed by atoms with E-state index in [9.17, 15) is 9.90 Å². The molecule has 0 aliphatic heterocycles. The van der Waals surface area contributed by atoms with Gasteiger partial charge in [-0.05, 0) is 128 Å². The highest BCUT2D eigenvalue weighted by atomic mass is 16.3. The minimum Gasteiger partial charge on any atom is -0.393 e. The highest BCUT2D eigenvalue weighted by Gasteiger charge is 2.70. The normalized spacial score (nSPS) is 52.5. The number of carbonyl (C=O) groups excluding carboxylic acids is 1. The van der Waals surface area contributed by atoms with Crippen LogP contribution in [0.15, 0.2) is 17.1 Å². The van der Waals surface area contributed by atoms with Crippen molar-refractivity contribution >= 4 is 6.08 Å². The van der Waals surface area contributed by atoms with Gasteiger partial charge >= 0.3 is 0 Å². The highest BCUT2D eigenvalue weighted by molar-refractivity contribution is 5.33. The number of hydrogen-bond acceptors (Lipinski definition) is 3. The zero-order chi connectivity index (χ0) is 23.8. The Morgan fingerprint density at radius 1 is 0.939 bits per heavy atom. The van der Waals surface area contributed by atoms with Gasteiger partial charge in [-0.15, -0.1) is 0 Å². The molecule has 0 saturated heterocycles. The summed E-state index contributed by atoms with van der Waals surface area (Å²) in [4.78, 5) is 15.7. The Labute approximate surface area is 201 Å². The van der Waals surface area contributed by atoms with Crippen LogP contribution in [0.2, 0.25) is 0 Å². The summed E-state index contributed by atoms with van der Waals surface area (Å²) in [6, 6.07) is 0. The summed E-state index contributed by atoms with van der Waals surface area (Å²) < 4.78 is 0. The maximum Gasteiger partial charge on any atom is 0.234 e. The van der Waals surface area contributed by atoms with Crippen LogP contribution in [0, 0.1) is 57.2 Å². The molecule has 0 aromatic heterocycles. The average Bonchev–Trinajstić information content (AvgIpc) is 3.20. The molecule has 3 nitrogen and oxygen atoms in total. The fraction of sp³-hybridized carbons (Fsp3) is 0.900. The Bertz CT molecular complexity index is 857. The van der Waals surface area contributed by atoms with Crippen LogP contribution in [-0.4, -0.2) is 23.8 Å². The Hall–Kier alpha value is -0.920. The molecule has 0 spiro atoms. The lowest BCUT2D eigenvalue weighted by Gasteiger charge is -2.72. The van der Waals surface area contributed by atoms with Gasteiger partial charge in [-0.2, -0.15) is 0 Å². The SMILES string of the molecule is C=C(C)C1CCC2CCC3(C)C(CCC4C5(CN=C=O)CCC(O)C(C)(C)C5CCC43C)C21. The number of allylic oxidation sites excluding steroid dienone is 1. The van der Waals surface area contributed by atoms with Gasteiger partial charge in [0.2, 0.25) is 6.08 Å². The van der Waals surface area contributed by atoms with Crippen molar-refractivity contribution in [3.63, 3.8) is 0 Å². The quantitative estimate of drug-likeness (QED) is 0.285. The molecule has 10 unspecified atom stereocenters. The molecular weight excluding hydrogens is 406 g/mol. The summed E-state index contributed by atoms with van der Waals surface area (Å²) in [6.45, 7) is 17.2. The van der Waals surface area contributed by atoms with Crippen LogP contribution in [-0.2, 0) is 4.79 Å². The first-order valence-corrected chi connectivity index (χ1v) is 13.9. The fourth-order valence-electron chi connectivity index (χ4n) is 11.3. The van der Waals surface area contributed by atoms with Gasteiger partial charge in [0.1, 0.15) is 0 Å². The van der Waals surface area contributed by atoms with Gasteiger partial charge in [0.05, 0.1) is 12.6 Å². The number of isocyanates is 1. The fourth-order valence-corrected chi connectivity index (χ4v) is 11.3. The molecule has 5 fully saturated rings. The van der Waals surface area contributed by atoms with E-state index in [4.69, 9.17) is 0 Å². The third-order valence-electron chi connectivity index (χ3n) is 13.1. The van der Waals surface area contributed by atoms with E-state index in [-0.39, 0.29) is 22.3 Å². The molecule has 5 saturated carbocycles. The lowest BCUT2D eigenvalue weighted by molar-refractivity contribution is -0.243. The number of aliphatic hydroxyl groups is 1. The lowest BCUT2D eigenvalue weighted by atomic mass is 9.32. The van der Waals surface area contributed by atoms with E-state index in [1.807, 2.05) is 6.08 Å². The molecule has 0 heterocycles. The number of fused-ring (bicyclic) bond motifs is 7. The molecule has 0 amide bonds. The van der Waals surface area contributed by atoms with Crippen LogP contribution in [0.1, 0.15) is 98.8 Å². The summed E-state index contributed by atoms with van der Waals surface area (Å²) >= 11 is 0. The number of hydrogen-bond donors (Lipinski definition) is 1. The van der Waals surface area contributed by atoms with Gasteiger partial charge < -0.3 is 5.11 Å².